The third-order valence-corrected chi connectivity index (χ3v) is 5.43. The van der Waals surface area contributed by atoms with Crippen molar-refractivity contribution in [2.45, 2.75) is 25.8 Å². The van der Waals surface area contributed by atoms with E-state index in [0.717, 1.165) is 69.2 Å². The van der Waals surface area contributed by atoms with Crippen LogP contribution >= 0.6 is 51.2 Å². The van der Waals surface area contributed by atoms with Crippen molar-refractivity contribution in [3.63, 3.8) is 0 Å². The van der Waals surface area contributed by atoms with Crippen molar-refractivity contribution in [3.8, 4) is 0 Å². The quantitative estimate of drug-likeness (QED) is 0.233. The molecule has 0 aromatic carbocycles. The molecule has 0 amide bonds. The van der Waals surface area contributed by atoms with Crippen LogP contribution in [0.5, 0.6) is 0 Å². The van der Waals surface area contributed by atoms with E-state index in [1.807, 2.05) is 0 Å². The maximum atomic E-state index is 5.76. The van der Waals surface area contributed by atoms with Crippen LogP contribution in [0.25, 0.3) is 0 Å². The number of hydrogen-bond donors (Lipinski definition) is 2. The van der Waals surface area contributed by atoms with Crippen LogP contribution in [0, 0.1) is 5.92 Å². The first kappa shape index (κ1) is 22.1. The summed E-state index contributed by atoms with van der Waals surface area (Å²) in [6.45, 7) is 5.08. The van der Waals surface area contributed by atoms with Crippen LogP contribution in [0.4, 0.5) is 0 Å². The molecule has 1 aliphatic heterocycles. The molecule has 5 nitrogen and oxygen atoms in total. The van der Waals surface area contributed by atoms with Gasteiger partial charge in [-0.05, 0) is 47.2 Å². The van der Waals surface area contributed by atoms with Gasteiger partial charge in [-0.3, -0.25) is 4.99 Å². The van der Waals surface area contributed by atoms with Gasteiger partial charge < -0.3 is 20.1 Å². The number of rotatable bonds is 8. The smallest absolute Gasteiger partial charge is 0.191 e. The van der Waals surface area contributed by atoms with Crippen molar-refractivity contribution < 1.29 is 9.47 Å². The van der Waals surface area contributed by atoms with Gasteiger partial charge in [-0.15, -0.1) is 35.3 Å². The Morgan fingerprint density at radius 1 is 1.42 bits per heavy atom. The summed E-state index contributed by atoms with van der Waals surface area (Å²) in [5.74, 6) is 1.51. The van der Waals surface area contributed by atoms with E-state index in [0.29, 0.717) is 5.92 Å². The van der Waals surface area contributed by atoms with E-state index in [9.17, 15) is 0 Å². The van der Waals surface area contributed by atoms with Crippen LogP contribution in [0.3, 0.4) is 0 Å². The molecule has 24 heavy (non-hydrogen) atoms. The molecule has 1 saturated heterocycles. The van der Waals surface area contributed by atoms with Crippen molar-refractivity contribution in [2.24, 2.45) is 10.9 Å². The highest BCUT2D eigenvalue weighted by molar-refractivity contribution is 14.0. The van der Waals surface area contributed by atoms with Crippen LogP contribution < -0.4 is 10.6 Å². The van der Waals surface area contributed by atoms with Gasteiger partial charge in [0.1, 0.15) is 0 Å². The van der Waals surface area contributed by atoms with Crippen molar-refractivity contribution in [1.29, 1.82) is 0 Å². The maximum Gasteiger partial charge on any atom is 0.191 e. The molecule has 2 N–H and O–H groups in total. The average Bonchev–Trinajstić information content (AvgIpc) is 3.00. The number of nitrogens with zero attached hydrogens (tertiary/aromatic N) is 1. The first-order chi connectivity index (χ1) is 11.3. The van der Waals surface area contributed by atoms with Gasteiger partial charge >= 0.3 is 0 Å². The minimum Gasteiger partial charge on any atom is -0.381 e. The predicted molar refractivity (Wildman–Crippen MR) is 115 cm³/mol. The minimum atomic E-state index is 0. The molecular weight excluding hydrogens is 505 g/mol. The van der Waals surface area contributed by atoms with E-state index >= 15 is 0 Å². The molecule has 0 aliphatic carbocycles. The number of ether oxygens (including phenoxy) is 2. The van der Waals surface area contributed by atoms with Gasteiger partial charge in [0.15, 0.2) is 5.96 Å². The summed E-state index contributed by atoms with van der Waals surface area (Å²) in [6.07, 6.45) is 3.25. The lowest BCUT2D eigenvalue weighted by Crippen LogP contribution is -2.37. The number of halogens is 2. The zero-order valence-corrected chi connectivity index (χ0v) is 18.8. The largest absolute Gasteiger partial charge is 0.381 e. The fourth-order valence-electron chi connectivity index (χ4n) is 2.38. The Labute approximate surface area is 174 Å². The molecular formula is C16H27BrIN3O2S. The van der Waals surface area contributed by atoms with Crippen LogP contribution in [-0.4, -0.2) is 46.0 Å². The van der Waals surface area contributed by atoms with Crippen LogP contribution in [-0.2, 0) is 16.0 Å². The molecule has 0 saturated carbocycles. The lowest BCUT2D eigenvalue weighted by Gasteiger charge is -2.21. The molecule has 1 fully saturated rings. The third kappa shape index (κ3) is 8.98. The molecule has 0 unspecified atom stereocenters. The summed E-state index contributed by atoms with van der Waals surface area (Å²) >= 11 is 5.20. The van der Waals surface area contributed by atoms with E-state index in [1.165, 1.54) is 4.88 Å². The first-order valence-electron chi connectivity index (χ1n) is 8.11. The normalized spacial score (nSPS) is 15.8. The molecule has 1 aromatic rings. The second kappa shape index (κ2) is 13.3. The number of thiophene rings is 1. The van der Waals surface area contributed by atoms with Crippen molar-refractivity contribution in [2.75, 3.05) is 40.0 Å². The van der Waals surface area contributed by atoms with E-state index in [2.05, 4.69) is 43.0 Å². The number of nitrogens with one attached hydrogen (secondary N) is 2. The van der Waals surface area contributed by atoms with Gasteiger partial charge in [0, 0.05) is 54.7 Å². The van der Waals surface area contributed by atoms with E-state index in [-0.39, 0.29) is 24.0 Å². The monoisotopic (exact) mass is 531 g/mol. The highest BCUT2D eigenvalue weighted by Gasteiger charge is 2.13. The molecule has 0 atom stereocenters. The Bertz CT molecular complexity index is 482. The third-order valence-electron chi connectivity index (χ3n) is 3.73. The maximum absolute atomic E-state index is 5.76. The van der Waals surface area contributed by atoms with Crippen molar-refractivity contribution >= 4 is 57.2 Å². The fourth-order valence-corrected chi connectivity index (χ4v) is 3.77. The molecule has 0 bridgehead atoms. The second-order valence-corrected chi connectivity index (χ2v) is 7.48. The molecule has 0 radical (unpaired) electrons. The van der Waals surface area contributed by atoms with E-state index < -0.39 is 0 Å². The fraction of sp³-hybridized carbons (Fsp3) is 0.688. The van der Waals surface area contributed by atoms with Gasteiger partial charge in [-0.25, -0.2) is 0 Å². The van der Waals surface area contributed by atoms with Crippen LogP contribution in [0.2, 0.25) is 0 Å². The lowest BCUT2D eigenvalue weighted by atomic mass is 10.0. The van der Waals surface area contributed by atoms with Crippen molar-refractivity contribution in [3.05, 3.63) is 20.8 Å². The highest BCUT2D eigenvalue weighted by Crippen LogP contribution is 2.19. The minimum absolute atomic E-state index is 0. The second-order valence-electron chi connectivity index (χ2n) is 5.57. The van der Waals surface area contributed by atoms with E-state index in [4.69, 9.17) is 9.47 Å². The summed E-state index contributed by atoms with van der Waals surface area (Å²) in [5, 5.41) is 8.72. The zero-order chi connectivity index (χ0) is 16.3. The molecule has 2 rings (SSSR count). The Hall–Kier alpha value is 0.1000. The summed E-state index contributed by atoms with van der Waals surface area (Å²) < 4.78 is 12.2. The van der Waals surface area contributed by atoms with Gasteiger partial charge in [-0.2, -0.15) is 0 Å². The van der Waals surface area contributed by atoms with Gasteiger partial charge in [0.25, 0.3) is 0 Å². The SMILES string of the molecule is CN=C(NCCCOCC1CCOCC1)NCc1cc(Br)cs1.I. The Balaban J connectivity index is 0.00000288. The Kier molecular flexibility index (Phi) is 12.3. The number of hydrogen-bond acceptors (Lipinski definition) is 4. The molecule has 8 heteroatoms. The highest BCUT2D eigenvalue weighted by atomic mass is 127. The first-order valence-corrected chi connectivity index (χ1v) is 9.78. The number of aliphatic imine (C=N–C) groups is 1. The summed E-state index contributed by atoms with van der Waals surface area (Å²) in [5.41, 5.74) is 0. The Morgan fingerprint density at radius 3 is 2.88 bits per heavy atom. The van der Waals surface area contributed by atoms with Gasteiger partial charge in [0.2, 0.25) is 0 Å². The van der Waals surface area contributed by atoms with Crippen LogP contribution in [0.1, 0.15) is 24.1 Å². The molecule has 0 spiro atoms. The Morgan fingerprint density at radius 2 is 2.21 bits per heavy atom. The standard InChI is InChI=1S/C16H26BrN3O2S.HI/c1-18-16(20-10-15-9-14(17)12-23-15)19-5-2-6-22-11-13-3-7-21-8-4-13;/h9,12-13H,2-8,10-11H2,1H3,(H2,18,19,20);1H. The summed E-state index contributed by atoms with van der Waals surface area (Å²) in [4.78, 5) is 5.51. The summed E-state index contributed by atoms with van der Waals surface area (Å²) in [7, 11) is 1.79. The lowest BCUT2D eigenvalue weighted by molar-refractivity contribution is 0.0203. The average molecular weight is 532 g/mol. The van der Waals surface area contributed by atoms with Crippen molar-refractivity contribution in [1.82, 2.24) is 10.6 Å². The van der Waals surface area contributed by atoms with E-state index in [1.54, 1.807) is 18.4 Å². The van der Waals surface area contributed by atoms with Gasteiger partial charge in [0.05, 0.1) is 6.54 Å². The molecule has 2 heterocycles. The van der Waals surface area contributed by atoms with Crippen LogP contribution in [0.15, 0.2) is 20.9 Å². The topological polar surface area (TPSA) is 54.9 Å². The molecule has 138 valence electrons. The molecule has 1 aromatic heterocycles. The van der Waals surface area contributed by atoms with Gasteiger partial charge in [-0.1, -0.05) is 0 Å². The predicted octanol–water partition coefficient (Wildman–Crippen LogP) is 3.63. The molecule has 1 aliphatic rings. The zero-order valence-electron chi connectivity index (χ0n) is 14.1. The number of guanidine groups is 1. The summed E-state index contributed by atoms with van der Waals surface area (Å²) in [6, 6.07) is 2.12.